The molecule has 104 valence electrons. The number of nitrogens with zero attached hydrogens (tertiary/aromatic N) is 2. The van der Waals surface area contributed by atoms with Gasteiger partial charge in [0, 0.05) is 29.6 Å². The maximum atomic E-state index is 5.10. The first-order valence-corrected chi connectivity index (χ1v) is 8.02. The number of hydrogen-bond donors (Lipinski definition) is 1. The maximum absolute atomic E-state index is 5.10. The molecule has 19 heavy (non-hydrogen) atoms. The molecule has 0 aliphatic carbocycles. The van der Waals surface area contributed by atoms with E-state index in [1.807, 2.05) is 11.7 Å². The standard InChI is InChI=1S/C13H19N3OS2/c1-4-10-9(2)19-13(16-10)12(15-5-6-17-3)11-7-14-8-18-11/h7-8,12,15H,4-6H2,1-3H3. The van der Waals surface area contributed by atoms with Crippen LogP contribution in [-0.2, 0) is 11.2 Å². The van der Waals surface area contributed by atoms with Crippen molar-refractivity contribution in [1.82, 2.24) is 15.3 Å². The molecule has 0 aromatic carbocycles. The third-order valence-electron chi connectivity index (χ3n) is 2.88. The number of methoxy groups -OCH3 is 1. The van der Waals surface area contributed by atoms with Crippen LogP contribution in [0.3, 0.4) is 0 Å². The third-order valence-corrected chi connectivity index (χ3v) is 4.80. The van der Waals surface area contributed by atoms with Gasteiger partial charge >= 0.3 is 0 Å². The fourth-order valence-corrected chi connectivity index (χ4v) is 3.76. The van der Waals surface area contributed by atoms with Crippen molar-refractivity contribution >= 4 is 22.7 Å². The van der Waals surface area contributed by atoms with E-state index in [2.05, 4.69) is 24.1 Å². The van der Waals surface area contributed by atoms with E-state index >= 15 is 0 Å². The number of thiazole rings is 2. The molecular formula is C13H19N3OS2. The van der Waals surface area contributed by atoms with Crippen molar-refractivity contribution in [3.05, 3.63) is 32.2 Å². The predicted molar refractivity (Wildman–Crippen MR) is 80.1 cm³/mol. The molecule has 0 spiro atoms. The van der Waals surface area contributed by atoms with E-state index in [0.29, 0.717) is 6.61 Å². The Labute approximate surface area is 121 Å². The average Bonchev–Trinajstić information content (AvgIpc) is 3.04. The summed E-state index contributed by atoms with van der Waals surface area (Å²) in [5.41, 5.74) is 3.06. The van der Waals surface area contributed by atoms with Crippen LogP contribution in [0.5, 0.6) is 0 Å². The minimum Gasteiger partial charge on any atom is -0.383 e. The molecule has 1 unspecified atom stereocenters. The highest BCUT2D eigenvalue weighted by Crippen LogP contribution is 2.30. The lowest BCUT2D eigenvalue weighted by molar-refractivity contribution is 0.197. The minimum absolute atomic E-state index is 0.131. The van der Waals surface area contributed by atoms with Crippen molar-refractivity contribution in [3.63, 3.8) is 0 Å². The van der Waals surface area contributed by atoms with Crippen molar-refractivity contribution in [2.75, 3.05) is 20.3 Å². The molecule has 2 rings (SSSR count). The van der Waals surface area contributed by atoms with Crippen LogP contribution in [-0.4, -0.2) is 30.2 Å². The Morgan fingerprint density at radius 2 is 2.32 bits per heavy atom. The summed E-state index contributed by atoms with van der Waals surface area (Å²) in [7, 11) is 1.71. The number of aromatic nitrogens is 2. The minimum atomic E-state index is 0.131. The van der Waals surface area contributed by atoms with Gasteiger partial charge in [-0.25, -0.2) is 4.98 Å². The Morgan fingerprint density at radius 3 is 2.89 bits per heavy atom. The number of rotatable bonds is 7. The van der Waals surface area contributed by atoms with E-state index < -0.39 is 0 Å². The lowest BCUT2D eigenvalue weighted by atomic mass is 10.2. The molecule has 0 saturated carbocycles. The molecule has 0 amide bonds. The number of ether oxygens (including phenoxy) is 1. The first-order valence-electron chi connectivity index (χ1n) is 6.33. The van der Waals surface area contributed by atoms with Gasteiger partial charge in [-0.3, -0.25) is 4.98 Å². The van der Waals surface area contributed by atoms with E-state index in [0.717, 1.165) is 18.0 Å². The summed E-state index contributed by atoms with van der Waals surface area (Å²) in [6.07, 6.45) is 2.90. The fraction of sp³-hybridized carbons (Fsp3) is 0.538. The fourth-order valence-electron chi connectivity index (χ4n) is 1.88. The Kier molecular flexibility index (Phi) is 5.45. The van der Waals surface area contributed by atoms with Gasteiger partial charge in [-0.15, -0.1) is 22.7 Å². The molecule has 2 aromatic heterocycles. The molecule has 0 aliphatic heterocycles. The van der Waals surface area contributed by atoms with Crippen LogP contribution in [0.1, 0.15) is 33.4 Å². The Morgan fingerprint density at radius 1 is 1.47 bits per heavy atom. The quantitative estimate of drug-likeness (QED) is 0.798. The van der Waals surface area contributed by atoms with Gasteiger partial charge in [-0.1, -0.05) is 6.92 Å². The van der Waals surface area contributed by atoms with Crippen LogP contribution >= 0.6 is 22.7 Å². The molecule has 2 aromatic rings. The highest BCUT2D eigenvalue weighted by atomic mass is 32.1. The zero-order valence-corrected chi connectivity index (χ0v) is 13.1. The second-order valence-corrected chi connectivity index (χ2v) is 6.34. The Bertz CT molecular complexity index is 496. The van der Waals surface area contributed by atoms with Crippen molar-refractivity contribution in [2.45, 2.75) is 26.3 Å². The molecular weight excluding hydrogens is 278 g/mol. The monoisotopic (exact) mass is 297 g/mol. The molecule has 1 N–H and O–H groups in total. The van der Waals surface area contributed by atoms with E-state index in [1.54, 1.807) is 29.8 Å². The van der Waals surface area contributed by atoms with Gasteiger partial charge in [0.1, 0.15) is 5.01 Å². The SMILES string of the molecule is CCc1nc(C(NCCOC)c2cncs2)sc1C. The highest BCUT2D eigenvalue weighted by molar-refractivity contribution is 7.12. The van der Waals surface area contributed by atoms with Gasteiger partial charge in [0.05, 0.1) is 23.9 Å². The van der Waals surface area contributed by atoms with Crippen molar-refractivity contribution in [3.8, 4) is 0 Å². The van der Waals surface area contributed by atoms with E-state index in [9.17, 15) is 0 Å². The van der Waals surface area contributed by atoms with Crippen molar-refractivity contribution in [1.29, 1.82) is 0 Å². The summed E-state index contributed by atoms with van der Waals surface area (Å²) in [6, 6.07) is 0.131. The Balaban J connectivity index is 2.20. The zero-order valence-electron chi connectivity index (χ0n) is 11.5. The van der Waals surface area contributed by atoms with Gasteiger partial charge in [0.25, 0.3) is 0 Å². The molecule has 0 radical (unpaired) electrons. The molecule has 1 atom stereocenters. The van der Waals surface area contributed by atoms with Crippen LogP contribution in [0.15, 0.2) is 11.7 Å². The summed E-state index contributed by atoms with van der Waals surface area (Å²) in [4.78, 5) is 11.4. The third kappa shape index (κ3) is 3.60. The lowest BCUT2D eigenvalue weighted by Crippen LogP contribution is -2.25. The number of hydrogen-bond acceptors (Lipinski definition) is 6. The van der Waals surface area contributed by atoms with Crippen LogP contribution in [0.2, 0.25) is 0 Å². The highest BCUT2D eigenvalue weighted by Gasteiger charge is 2.20. The molecule has 0 fully saturated rings. The second kappa shape index (κ2) is 7.09. The van der Waals surface area contributed by atoms with E-state index in [-0.39, 0.29) is 6.04 Å². The smallest absolute Gasteiger partial charge is 0.116 e. The molecule has 2 heterocycles. The van der Waals surface area contributed by atoms with Gasteiger partial charge < -0.3 is 10.1 Å². The van der Waals surface area contributed by atoms with Crippen molar-refractivity contribution < 1.29 is 4.74 Å². The van der Waals surface area contributed by atoms with Crippen LogP contribution in [0.4, 0.5) is 0 Å². The summed E-state index contributed by atoms with van der Waals surface area (Å²) in [5.74, 6) is 0. The molecule has 0 bridgehead atoms. The summed E-state index contributed by atoms with van der Waals surface area (Å²) >= 11 is 3.43. The van der Waals surface area contributed by atoms with Crippen molar-refractivity contribution in [2.24, 2.45) is 0 Å². The number of nitrogens with one attached hydrogen (secondary N) is 1. The van der Waals surface area contributed by atoms with Gasteiger partial charge in [-0.05, 0) is 13.3 Å². The molecule has 4 nitrogen and oxygen atoms in total. The zero-order chi connectivity index (χ0) is 13.7. The Hall–Kier alpha value is -0.820. The lowest BCUT2D eigenvalue weighted by Gasteiger charge is -2.14. The maximum Gasteiger partial charge on any atom is 0.116 e. The van der Waals surface area contributed by atoms with Gasteiger partial charge in [-0.2, -0.15) is 0 Å². The first kappa shape index (κ1) is 14.6. The topological polar surface area (TPSA) is 47.0 Å². The summed E-state index contributed by atoms with van der Waals surface area (Å²) < 4.78 is 5.10. The summed E-state index contributed by atoms with van der Waals surface area (Å²) in [5, 5.41) is 4.62. The van der Waals surface area contributed by atoms with E-state index in [4.69, 9.17) is 9.72 Å². The normalized spacial score (nSPS) is 12.8. The van der Waals surface area contributed by atoms with Gasteiger partial charge in [0.2, 0.25) is 0 Å². The van der Waals surface area contributed by atoms with Gasteiger partial charge in [0.15, 0.2) is 0 Å². The predicted octanol–water partition coefficient (Wildman–Crippen LogP) is 2.80. The molecule has 6 heteroatoms. The molecule has 0 saturated heterocycles. The van der Waals surface area contributed by atoms with Crippen LogP contribution in [0.25, 0.3) is 0 Å². The van der Waals surface area contributed by atoms with Crippen LogP contribution < -0.4 is 5.32 Å². The largest absolute Gasteiger partial charge is 0.383 e. The molecule has 0 aliphatic rings. The second-order valence-electron chi connectivity index (χ2n) is 4.19. The first-order chi connectivity index (χ1) is 9.26. The summed E-state index contributed by atoms with van der Waals surface area (Å²) in [6.45, 7) is 5.78. The van der Waals surface area contributed by atoms with E-state index in [1.165, 1.54) is 15.4 Å². The average molecular weight is 297 g/mol. The number of aryl methyl sites for hydroxylation is 2. The van der Waals surface area contributed by atoms with Crippen LogP contribution in [0, 0.1) is 6.92 Å².